The van der Waals surface area contributed by atoms with Crippen molar-refractivity contribution in [3.63, 3.8) is 0 Å². The van der Waals surface area contributed by atoms with Crippen LogP contribution in [0.4, 0.5) is 20.3 Å². The second-order valence-electron chi connectivity index (χ2n) is 9.60. The number of hydrogen-bond acceptors (Lipinski definition) is 8. The molecule has 1 aliphatic heterocycles. The first-order valence-electron chi connectivity index (χ1n) is 13.2. The van der Waals surface area contributed by atoms with Crippen molar-refractivity contribution in [1.29, 1.82) is 0 Å². The highest BCUT2D eigenvalue weighted by Crippen LogP contribution is 2.35. The summed E-state index contributed by atoms with van der Waals surface area (Å²) in [6, 6.07) is 8.63. The molecule has 10 nitrogen and oxygen atoms in total. The van der Waals surface area contributed by atoms with Gasteiger partial charge in [0.2, 0.25) is 5.91 Å². The van der Waals surface area contributed by atoms with Crippen LogP contribution in [-0.2, 0) is 11.3 Å². The first-order chi connectivity index (χ1) is 20.3. The minimum Gasteiger partial charge on any atom is -0.497 e. The van der Waals surface area contributed by atoms with E-state index in [-0.39, 0.29) is 29.1 Å². The molecule has 1 amide bonds. The van der Waals surface area contributed by atoms with Gasteiger partial charge in [-0.05, 0) is 36.6 Å². The predicted molar refractivity (Wildman–Crippen MR) is 154 cm³/mol. The van der Waals surface area contributed by atoms with Crippen LogP contribution in [0.5, 0.6) is 17.2 Å². The molecule has 0 aliphatic carbocycles. The summed E-state index contributed by atoms with van der Waals surface area (Å²) in [6.45, 7) is 3.25. The van der Waals surface area contributed by atoms with Crippen LogP contribution in [0.15, 0.2) is 36.5 Å². The maximum Gasteiger partial charge on any atom is 0.221 e. The molecular weight excluding hydrogens is 546 g/mol. The van der Waals surface area contributed by atoms with Crippen LogP contribution in [0.2, 0.25) is 0 Å². The molecule has 0 saturated carbocycles. The second kappa shape index (κ2) is 12.3. The Hall–Kier alpha value is -4.89. The average molecular weight is 577 g/mol. The summed E-state index contributed by atoms with van der Waals surface area (Å²) in [5.74, 6) is 4.04. The number of aromatic nitrogens is 3. The molecule has 1 aliphatic rings. The standard InChI is InChI=1S/C30H30F2N6O4/c1-17(39)36-23-16-35-30(34-14-18-5-7-20(40-2)8-6-18)26-22(37-38(29(23)26)19-11-12-33-15-19)10-9-21-27(31)24(41-3)13-25(42-4)28(21)32/h5-8,13,16,19,33H,11-12,14-15H2,1-4H3,(H,34,35)(H,36,39)/t19-/m0/s1. The molecule has 2 aromatic heterocycles. The maximum atomic E-state index is 15.1. The molecule has 0 radical (unpaired) electrons. The molecule has 3 heterocycles. The lowest BCUT2D eigenvalue weighted by atomic mass is 10.1. The first kappa shape index (κ1) is 28.6. The number of fused-ring (bicyclic) bond motifs is 1. The highest BCUT2D eigenvalue weighted by Gasteiger charge is 2.26. The smallest absolute Gasteiger partial charge is 0.221 e. The summed E-state index contributed by atoms with van der Waals surface area (Å²) in [6.07, 6.45) is 2.35. The minimum atomic E-state index is -0.957. The van der Waals surface area contributed by atoms with Gasteiger partial charge in [-0.15, -0.1) is 0 Å². The second-order valence-corrected chi connectivity index (χ2v) is 9.60. The largest absolute Gasteiger partial charge is 0.497 e. The van der Waals surface area contributed by atoms with E-state index in [1.807, 2.05) is 24.3 Å². The van der Waals surface area contributed by atoms with E-state index in [4.69, 9.17) is 19.3 Å². The van der Waals surface area contributed by atoms with Gasteiger partial charge >= 0.3 is 0 Å². The quantitative estimate of drug-likeness (QED) is 0.267. The van der Waals surface area contributed by atoms with Crippen molar-refractivity contribution < 1.29 is 27.8 Å². The van der Waals surface area contributed by atoms with Crippen LogP contribution in [-0.4, -0.2) is 55.1 Å². The van der Waals surface area contributed by atoms with E-state index >= 15 is 8.78 Å². The SMILES string of the molecule is COc1ccc(CNc2ncc(NC(C)=O)c3c2c(C#Cc2c(F)c(OC)cc(OC)c2F)nn3[C@H]2CCNC2)cc1. The van der Waals surface area contributed by atoms with Crippen LogP contribution in [0.3, 0.4) is 0 Å². The van der Waals surface area contributed by atoms with Gasteiger partial charge < -0.3 is 30.2 Å². The number of methoxy groups -OCH3 is 3. The van der Waals surface area contributed by atoms with Gasteiger partial charge in [0, 0.05) is 26.1 Å². The molecule has 42 heavy (non-hydrogen) atoms. The summed E-state index contributed by atoms with van der Waals surface area (Å²) < 4.78 is 47.4. The van der Waals surface area contributed by atoms with Gasteiger partial charge in [0.15, 0.2) is 23.1 Å². The van der Waals surface area contributed by atoms with Gasteiger partial charge in [-0.1, -0.05) is 18.1 Å². The van der Waals surface area contributed by atoms with Gasteiger partial charge in [0.25, 0.3) is 0 Å². The minimum absolute atomic E-state index is 0.0437. The lowest BCUT2D eigenvalue weighted by molar-refractivity contribution is -0.114. The van der Waals surface area contributed by atoms with Gasteiger partial charge in [0.1, 0.15) is 22.8 Å². The molecule has 3 N–H and O–H groups in total. The fraction of sp³-hybridized carbons (Fsp3) is 0.300. The molecule has 0 unspecified atom stereocenters. The number of anilines is 2. The molecule has 5 rings (SSSR count). The fourth-order valence-electron chi connectivity index (χ4n) is 4.83. The van der Waals surface area contributed by atoms with Gasteiger partial charge in [0.05, 0.1) is 50.2 Å². The fourth-order valence-corrected chi connectivity index (χ4v) is 4.83. The Labute approximate surface area is 241 Å². The van der Waals surface area contributed by atoms with Crippen molar-refractivity contribution in [1.82, 2.24) is 20.1 Å². The zero-order valence-electron chi connectivity index (χ0n) is 23.6. The number of hydrogen-bond donors (Lipinski definition) is 3. The third-order valence-corrected chi connectivity index (χ3v) is 6.91. The number of pyridine rings is 1. The zero-order valence-corrected chi connectivity index (χ0v) is 23.6. The van der Waals surface area contributed by atoms with Crippen LogP contribution in [0.1, 0.15) is 36.2 Å². The van der Waals surface area contributed by atoms with Crippen LogP contribution in [0, 0.1) is 23.5 Å². The number of nitrogens with one attached hydrogen (secondary N) is 3. The van der Waals surface area contributed by atoms with Crippen molar-refractivity contribution in [3.8, 4) is 29.1 Å². The highest BCUT2D eigenvalue weighted by atomic mass is 19.1. The number of rotatable bonds is 8. The molecule has 218 valence electrons. The molecule has 2 aromatic carbocycles. The first-order valence-corrected chi connectivity index (χ1v) is 13.2. The number of ether oxygens (including phenoxy) is 3. The van der Waals surface area contributed by atoms with E-state index < -0.39 is 17.2 Å². The van der Waals surface area contributed by atoms with E-state index in [0.29, 0.717) is 35.5 Å². The highest BCUT2D eigenvalue weighted by molar-refractivity contribution is 6.05. The van der Waals surface area contributed by atoms with Crippen molar-refractivity contribution in [3.05, 3.63) is 65.0 Å². The lowest BCUT2D eigenvalue weighted by Crippen LogP contribution is -2.16. The van der Waals surface area contributed by atoms with Crippen molar-refractivity contribution in [2.75, 3.05) is 45.1 Å². The molecule has 0 spiro atoms. The summed E-state index contributed by atoms with van der Waals surface area (Å²) in [4.78, 5) is 16.7. The number of carbonyl (C=O) groups is 1. The molecule has 0 bridgehead atoms. The number of amides is 1. The normalized spacial score (nSPS) is 14.3. The van der Waals surface area contributed by atoms with E-state index in [1.54, 1.807) is 18.0 Å². The average Bonchev–Trinajstić information content (AvgIpc) is 3.66. The van der Waals surface area contributed by atoms with Crippen LogP contribution >= 0.6 is 0 Å². The Kier molecular flexibility index (Phi) is 8.40. The van der Waals surface area contributed by atoms with Crippen molar-refractivity contribution in [2.24, 2.45) is 0 Å². The predicted octanol–water partition coefficient (Wildman–Crippen LogP) is 4.24. The van der Waals surface area contributed by atoms with Gasteiger partial charge in [-0.2, -0.15) is 5.10 Å². The Morgan fingerprint density at radius 3 is 2.40 bits per heavy atom. The number of halogens is 2. The van der Waals surface area contributed by atoms with E-state index in [1.165, 1.54) is 21.1 Å². The van der Waals surface area contributed by atoms with Crippen LogP contribution in [0.25, 0.3) is 10.9 Å². The molecular formula is C30H30F2N6O4. The monoisotopic (exact) mass is 576 g/mol. The summed E-state index contributed by atoms with van der Waals surface area (Å²) >= 11 is 0. The van der Waals surface area contributed by atoms with E-state index in [2.05, 4.69) is 32.8 Å². The topological polar surface area (TPSA) is 112 Å². The summed E-state index contributed by atoms with van der Waals surface area (Å²) in [7, 11) is 4.14. The zero-order chi connectivity index (χ0) is 29.8. The Balaban J connectivity index is 1.68. The Bertz CT molecular complexity index is 1660. The maximum absolute atomic E-state index is 15.1. The number of nitrogens with zero attached hydrogens (tertiary/aromatic N) is 3. The van der Waals surface area contributed by atoms with Crippen molar-refractivity contribution >= 4 is 28.3 Å². The van der Waals surface area contributed by atoms with Crippen molar-refractivity contribution in [2.45, 2.75) is 25.9 Å². The molecule has 1 atom stereocenters. The molecule has 12 heteroatoms. The Morgan fingerprint density at radius 2 is 1.81 bits per heavy atom. The van der Waals surface area contributed by atoms with E-state index in [9.17, 15) is 4.79 Å². The third kappa shape index (κ3) is 5.64. The summed E-state index contributed by atoms with van der Waals surface area (Å²) in [5.41, 5.74) is 1.72. The molecule has 1 fully saturated rings. The lowest BCUT2D eigenvalue weighted by Gasteiger charge is -2.15. The Morgan fingerprint density at radius 1 is 1.10 bits per heavy atom. The van der Waals surface area contributed by atoms with Crippen LogP contribution < -0.4 is 30.2 Å². The molecule has 4 aromatic rings. The number of carbonyl (C=O) groups excluding carboxylic acids is 1. The summed E-state index contributed by atoms with van der Waals surface area (Å²) in [5, 5.41) is 14.8. The number of benzene rings is 2. The molecule has 1 saturated heterocycles. The van der Waals surface area contributed by atoms with Gasteiger partial charge in [-0.3, -0.25) is 9.48 Å². The third-order valence-electron chi connectivity index (χ3n) is 6.91. The van der Waals surface area contributed by atoms with E-state index in [0.717, 1.165) is 30.3 Å². The van der Waals surface area contributed by atoms with Gasteiger partial charge in [-0.25, -0.2) is 13.8 Å².